The molecule has 2 heterocycles. The van der Waals surface area contributed by atoms with Gasteiger partial charge in [-0.25, -0.2) is 8.42 Å². The predicted molar refractivity (Wildman–Crippen MR) is 98.2 cm³/mol. The normalized spacial score (nSPS) is 18.3. The van der Waals surface area contributed by atoms with E-state index in [1.807, 2.05) is 11.8 Å². The number of sulfone groups is 1. The van der Waals surface area contributed by atoms with Crippen LogP contribution in [0, 0.1) is 0 Å². The number of pyridine rings is 1. The Morgan fingerprint density at radius 2 is 1.93 bits per heavy atom. The number of aromatic amines is 1. The van der Waals surface area contributed by atoms with Crippen LogP contribution in [-0.4, -0.2) is 45.5 Å². The van der Waals surface area contributed by atoms with Crippen LogP contribution >= 0.6 is 0 Å². The van der Waals surface area contributed by atoms with Crippen molar-refractivity contribution in [1.82, 2.24) is 4.98 Å². The maximum absolute atomic E-state index is 13.6. The minimum absolute atomic E-state index is 0.0337. The van der Waals surface area contributed by atoms with E-state index in [-0.39, 0.29) is 17.3 Å². The molecule has 1 atom stereocenters. The molecule has 2 aromatic rings. The fourth-order valence-corrected chi connectivity index (χ4v) is 3.82. The van der Waals surface area contributed by atoms with Gasteiger partial charge in [0.1, 0.15) is 0 Å². The molecule has 1 aliphatic heterocycles. The summed E-state index contributed by atoms with van der Waals surface area (Å²) in [6.07, 6.45) is -3.96. The smallest absolute Gasteiger partial charge is 0.377 e. The Hall–Kier alpha value is -2.33. The number of halogens is 3. The summed E-state index contributed by atoms with van der Waals surface area (Å²) in [5.74, 6) is 0. The van der Waals surface area contributed by atoms with Gasteiger partial charge in [-0.2, -0.15) is 13.2 Å². The van der Waals surface area contributed by atoms with E-state index in [1.165, 1.54) is 12.1 Å². The molecule has 0 radical (unpaired) electrons. The standard InChI is InChI=1S/C18H19F3N2O4S/c1-11-10-27-6-5-23(11)12-7-16(22-17(24)8-12)14-4-3-13(28(2,25)26)9-15(14)18(19,20)21/h3-4,7-9,11H,5-6,10H2,1-2H3,(H,22,24)/t11-/m1/s1. The van der Waals surface area contributed by atoms with Crippen molar-refractivity contribution in [1.29, 1.82) is 0 Å². The average molecular weight is 416 g/mol. The lowest BCUT2D eigenvalue weighted by Crippen LogP contribution is -2.44. The number of hydrogen-bond acceptors (Lipinski definition) is 5. The molecule has 3 rings (SSSR count). The number of morpholine rings is 1. The van der Waals surface area contributed by atoms with Gasteiger partial charge in [-0.05, 0) is 25.1 Å². The minimum atomic E-state index is -4.80. The Bertz CT molecular complexity index is 1050. The van der Waals surface area contributed by atoms with Crippen molar-refractivity contribution in [3.8, 4) is 11.3 Å². The quantitative estimate of drug-likeness (QED) is 0.832. The first-order valence-corrected chi connectivity index (χ1v) is 10.4. The number of H-pyrrole nitrogens is 1. The topological polar surface area (TPSA) is 79.5 Å². The number of nitrogens with zero attached hydrogens (tertiary/aromatic N) is 1. The van der Waals surface area contributed by atoms with Gasteiger partial charge in [0.05, 0.1) is 29.4 Å². The summed E-state index contributed by atoms with van der Waals surface area (Å²) < 4.78 is 69.5. The molecule has 1 N–H and O–H groups in total. The van der Waals surface area contributed by atoms with Gasteiger partial charge in [-0.15, -0.1) is 0 Å². The summed E-state index contributed by atoms with van der Waals surface area (Å²) in [5.41, 5.74) is -1.52. The number of hydrogen-bond donors (Lipinski definition) is 1. The van der Waals surface area contributed by atoms with E-state index in [0.717, 1.165) is 18.4 Å². The van der Waals surface area contributed by atoms with E-state index in [9.17, 15) is 26.4 Å². The highest BCUT2D eigenvalue weighted by atomic mass is 32.2. The number of nitrogens with one attached hydrogen (secondary N) is 1. The molecular weight excluding hydrogens is 397 g/mol. The lowest BCUT2D eigenvalue weighted by molar-refractivity contribution is -0.137. The van der Waals surface area contributed by atoms with Gasteiger partial charge in [0.2, 0.25) is 5.56 Å². The fraction of sp³-hybridized carbons (Fsp3) is 0.389. The van der Waals surface area contributed by atoms with Crippen LogP contribution in [0.4, 0.5) is 18.9 Å². The number of alkyl halides is 3. The SMILES string of the molecule is C[C@@H]1COCCN1c1cc(-c2ccc(S(C)(=O)=O)cc2C(F)(F)F)[nH]c(=O)c1. The minimum Gasteiger partial charge on any atom is -0.377 e. The third-order valence-electron chi connectivity index (χ3n) is 4.54. The van der Waals surface area contributed by atoms with E-state index in [0.29, 0.717) is 31.5 Å². The van der Waals surface area contributed by atoms with Crippen LogP contribution in [0.25, 0.3) is 11.3 Å². The van der Waals surface area contributed by atoms with Gasteiger partial charge in [0.15, 0.2) is 9.84 Å². The maximum Gasteiger partial charge on any atom is 0.417 e. The molecule has 0 aliphatic carbocycles. The molecule has 0 saturated carbocycles. The summed E-state index contributed by atoms with van der Waals surface area (Å²) in [6, 6.07) is 5.50. The molecule has 1 fully saturated rings. The number of aromatic nitrogens is 1. The molecule has 1 saturated heterocycles. The largest absolute Gasteiger partial charge is 0.417 e. The Kier molecular flexibility index (Phi) is 5.28. The second-order valence-electron chi connectivity index (χ2n) is 6.71. The lowest BCUT2D eigenvalue weighted by atomic mass is 10.0. The molecule has 6 nitrogen and oxygen atoms in total. The first-order valence-electron chi connectivity index (χ1n) is 8.47. The summed E-state index contributed by atoms with van der Waals surface area (Å²) in [4.78, 5) is 16.0. The third kappa shape index (κ3) is 4.22. The van der Waals surface area contributed by atoms with Crippen LogP contribution in [0.1, 0.15) is 12.5 Å². The molecule has 0 spiro atoms. The molecule has 1 aliphatic rings. The average Bonchev–Trinajstić information content (AvgIpc) is 2.59. The number of rotatable bonds is 3. The van der Waals surface area contributed by atoms with Crippen LogP contribution in [0.15, 0.2) is 40.0 Å². The fourth-order valence-electron chi connectivity index (χ4n) is 3.17. The Morgan fingerprint density at radius 1 is 1.21 bits per heavy atom. The summed E-state index contributed by atoms with van der Waals surface area (Å²) in [7, 11) is -3.82. The van der Waals surface area contributed by atoms with Crippen molar-refractivity contribution < 1.29 is 26.3 Å². The van der Waals surface area contributed by atoms with Crippen molar-refractivity contribution in [2.75, 3.05) is 30.9 Å². The third-order valence-corrected chi connectivity index (χ3v) is 5.65. The zero-order valence-electron chi connectivity index (χ0n) is 15.2. The number of ether oxygens (including phenoxy) is 1. The molecule has 1 aromatic heterocycles. The zero-order chi connectivity index (χ0) is 20.7. The number of benzene rings is 1. The van der Waals surface area contributed by atoms with Gasteiger partial charge < -0.3 is 14.6 Å². The lowest BCUT2D eigenvalue weighted by Gasteiger charge is -2.35. The van der Waals surface area contributed by atoms with Gasteiger partial charge in [0.25, 0.3) is 0 Å². The highest BCUT2D eigenvalue weighted by Crippen LogP contribution is 2.38. The van der Waals surface area contributed by atoms with Crippen LogP contribution in [0.5, 0.6) is 0 Å². The first-order chi connectivity index (χ1) is 13.0. The van der Waals surface area contributed by atoms with E-state index >= 15 is 0 Å². The van der Waals surface area contributed by atoms with Gasteiger partial charge in [-0.1, -0.05) is 6.07 Å². The summed E-state index contributed by atoms with van der Waals surface area (Å²) in [6.45, 7) is 3.29. The van der Waals surface area contributed by atoms with E-state index in [1.54, 1.807) is 0 Å². The molecule has 0 unspecified atom stereocenters. The van der Waals surface area contributed by atoms with Crippen molar-refractivity contribution in [3.05, 3.63) is 46.2 Å². The Morgan fingerprint density at radius 3 is 2.54 bits per heavy atom. The predicted octanol–water partition coefficient (Wildman–Crippen LogP) is 2.69. The van der Waals surface area contributed by atoms with Crippen LogP contribution in [-0.2, 0) is 20.8 Å². The molecule has 0 amide bonds. The summed E-state index contributed by atoms with van der Waals surface area (Å²) >= 11 is 0. The first kappa shape index (κ1) is 20.4. The maximum atomic E-state index is 13.6. The van der Waals surface area contributed by atoms with Crippen LogP contribution < -0.4 is 10.5 Å². The van der Waals surface area contributed by atoms with Crippen molar-refractivity contribution in [2.24, 2.45) is 0 Å². The highest BCUT2D eigenvalue weighted by molar-refractivity contribution is 7.90. The van der Waals surface area contributed by atoms with Gasteiger partial charge in [0, 0.05) is 36.2 Å². The van der Waals surface area contributed by atoms with E-state index in [4.69, 9.17) is 4.74 Å². The second kappa shape index (κ2) is 7.25. The van der Waals surface area contributed by atoms with Crippen molar-refractivity contribution in [2.45, 2.75) is 24.0 Å². The van der Waals surface area contributed by atoms with Crippen LogP contribution in [0.2, 0.25) is 0 Å². The summed E-state index contributed by atoms with van der Waals surface area (Å²) in [5, 5.41) is 0. The highest BCUT2D eigenvalue weighted by Gasteiger charge is 2.35. The van der Waals surface area contributed by atoms with Gasteiger partial charge in [-0.3, -0.25) is 4.79 Å². The zero-order valence-corrected chi connectivity index (χ0v) is 16.0. The number of anilines is 1. The molecule has 0 bridgehead atoms. The van der Waals surface area contributed by atoms with E-state index in [2.05, 4.69) is 4.98 Å². The van der Waals surface area contributed by atoms with E-state index < -0.39 is 32.0 Å². The molecule has 28 heavy (non-hydrogen) atoms. The Balaban J connectivity index is 2.17. The molecule has 10 heteroatoms. The molecule has 152 valence electrons. The second-order valence-corrected chi connectivity index (χ2v) is 8.73. The van der Waals surface area contributed by atoms with Crippen molar-refractivity contribution in [3.63, 3.8) is 0 Å². The molecular formula is C18H19F3N2O4S. The Labute approximate surface area is 159 Å². The van der Waals surface area contributed by atoms with Crippen molar-refractivity contribution >= 4 is 15.5 Å². The van der Waals surface area contributed by atoms with Gasteiger partial charge >= 0.3 is 6.18 Å². The molecule has 1 aromatic carbocycles. The van der Waals surface area contributed by atoms with Crippen LogP contribution in [0.3, 0.4) is 0 Å². The monoisotopic (exact) mass is 416 g/mol.